The fraction of sp³-hybridized carbons (Fsp3) is 0.643. The Labute approximate surface area is 134 Å². The number of nitrogens with zero attached hydrogens (tertiary/aromatic N) is 2. The molecule has 0 radical (unpaired) electrons. The molecule has 1 fully saturated rings. The van der Waals surface area contributed by atoms with Crippen molar-refractivity contribution in [3.63, 3.8) is 0 Å². The number of carbonyl (C=O) groups is 1. The van der Waals surface area contributed by atoms with E-state index in [1.807, 2.05) is 0 Å². The van der Waals surface area contributed by atoms with Gasteiger partial charge in [0.25, 0.3) is 10.9 Å². The Balaban J connectivity index is 2.18. The Kier molecular flexibility index (Phi) is 4.93. The first-order chi connectivity index (χ1) is 10.7. The molecule has 8 nitrogen and oxygen atoms in total. The van der Waals surface area contributed by atoms with Crippen LogP contribution in [0.1, 0.15) is 12.8 Å². The van der Waals surface area contributed by atoms with E-state index in [9.17, 15) is 14.4 Å². The van der Waals surface area contributed by atoms with E-state index in [1.54, 1.807) is 23.9 Å². The van der Waals surface area contributed by atoms with Crippen molar-refractivity contribution in [3.05, 3.63) is 20.4 Å². The third kappa shape index (κ3) is 3.17. The summed E-state index contributed by atoms with van der Waals surface area (Å²) in [5.74, 6) is -0.210. The van der Waals surface area contributed by atoms with Crippen LogP contribution in [0.3, 0.4) is 0 Å². The maximum absolute atomic E-state index is 11.9. The number of hydrogen-bond donors (Lipinski definition) is 3. The molecule has 0 spiro atoms. The van der Waals surface area contributed by atoms with Gasteiger partial charge in [-0.05, 0) is 12.7 Å². The van der Waals surface area contributed by atoms with E-state index < -0.39 is 23.5 Å². The van der Waals surface area contributed by atoms with Gasteiger partial charge in [-0.2, -0.15) is 0 Å². The maximum Gasteiger partial charge on any atom is 0.451 e. The topological polar surface area (TPSA) is 124 Å². The molecule has 0 aromatic heterocycles. The molecule has 0 amide bonds. The van der Waals surface area contributed by atoms with Crippen molar-refractivity contribution in [2.24, 2.45) is 11.7 Å². The van der Waals surface area contributed by atoms with Gasteiger partial charge < -0.3 is 30.4 Å². The SMILES string of the molecule is CN(C)c1c(N2C[C@H](CCCB(O)O)[C@](N)(C=O)C2)c(=O)c1=O. The van der Waals surface area contributed by atoms with Crippen molar-refractivity contribution in [2.45, 2.75) is 24.7 Å². The molecule has 0 saturated carbocycles. The predicted molar refractivity (Wildman–Crippen MR) is 88.6 cm³/mol. The van der Waals surface area contributed by atoms with Crippen molar-refractivity contribution in [1.82, 2.24) is 0 Å². The molecule has 9 heteroatoms. The van der Waals surface area contributed by atoms with Crippen LogP contribution in [0.5, 0.6) is 0 Å². The molecule has 126 valence electrons. The third-order valence-corrected chi connectivity index (χ3v) is 4.52. The number of carbonyl (C=O) groups excluding carboxylic acids is 1. The van der Waals surface area contributed by atoms with E-state index in [0.29, 0.717) is 37.0 Å². The molecule has 0 unspecified atom stereocenters. The second-order valence-electron chi connectivity index (χ2n) is 6.47. The summed E-state index contributed by atoms with van der Waals surface area (Å²) in [5.41, 5.74) is 4.65. The summed E-state index contributed by atoms with van der Waals surface area (Å²) in [6, 6.07) is 0. The molecule has 2 rings (SSSR count). The highest BCUT2D eigenvalue weighted by molar-refractivity contribution is 6.40. The molecular weight excluding hydrogens is 301 g/mol. The Morgan fingerprint density at radius 2 is 2.04 bits per heavy atom. The van der Waals surface area contributed by atoms with Gasteiger partial charge in [-0.1, -0.05) is 6.42 Å². The van der Waals surface area contributed by atoms with Crippen molar-refractivity contribution in [3.8, 4) is 0 Å². The zero-order valence-electron chi connectivity index (χ0n) is 13.4. The van der Waals surface area contributed by atoms with E-state index >= 15 is 0 Å². The molecule has 4 N–H and O–H groups in total. The summed E-state index contributed by atoms with van der Waals surface area (Å²) < 4.78 is 0. The highest BCUT2D eigenvalue weighted by atomic mass is 16.4. The van der Waals surface area contributed by atoms with Gasteiger partial charge in [-0.3, -0.25) is 9.59 Å². The summed E-state index contributed by atoms with van der Waals surface area (Å²) in [5, 5.41) is 17.8. The fourth-order valence-corrected chi connectivity index (χ4v) is 3.25. The van der Waals surface area contributed by atoms with Gasteiger partial charge in [0.05, 0.1) is 5.54 Å². The highest BCUT2D eigenvalue weighted by Crippen LogP contribution is 2.34. The number of rotatable bonds is 7. The summed E-state index contributed by atoms with van der Waals surface area (Å²) in [4.78, 5) is 38.3. The first-order valence-electron chi connectivity index (χ1n) is 7.58. The monoisotopic (exact) mass is 323 g/mol. The molecule has 2 atom stereocenters. The molecule has 1 saturated heterocycles. The van der Waals surface area contributed by atoms with E-state index in [2.05, 4.69) is 0 Å². The molecule has 1 aromatic rings. The van der Waals surface area contributed by atoms with E-state index in [0.717, 1.165) is 0 Å². The van der Waals surface area contributed by atoms with E-state index in [4.69, 9.17) is 15.8 Å². The van der Waals surface area contributed by atoms with Crippen LogP contribution in [0.25, 0.3) is 0 Å². The molecular formula is C14H22BN3O5. The second kappa shape index (κ2) is 6.42. The smallest absolute Gasteiger partial charge is 0.427 e. The lowest BCUT2D eigenvalue weighted by atomic mass is 9.79. The first kappa shape index (κ1) is 17.6. The van der Waals surface area contributed by atoms with Gasteiger partial charge >= 0.3 is 7.12 Å². The average Bonchev–Trinajstić information content (AvgIpc) is 2.80. The zero-order valence-corrected chi connectivity index (χ0v) is 13.4. The van der Waals surface area contributed by atoms with Gasteiger partial charge in [0.1, 0.15) is 17.7 Å². The summed E-state index contributed by atoms with van der Waals surface area (Å²) in [7, 11) is 1.99. The van der Waals surface area contributed by atoms with E-state index in [1.165, 1.54) is 0 Å². The second-order valence-corrected chi connectivity index (χ2v) is 6.47. The summed E-state index contributed by atoms with van der Waals surface area (Å²) in [6.45, 7) is 0.566. The number of hydrogen-bond acceptors (Lipinski definition) is 8. The Morgan fingerprint density at radius 3 is 2.57 bits per heavy atom. The predicted octanol–water partition coefficient (Wildman–Crippen LogP) is -2.07. The van der Waals surface area contributed by atoms with Crippen molar-refractivity contribution < 1.29 is 14.8 Å². The van der Waals surface area contributed by atoms with Crippen LogP contribution in [0, 0.1) is 5.92 Å². The van der Waals surface area contributed by atoms with Gasteiger partial charge in [-0.15, -0.1) is 0 Å². The molecule has 1 heterocycles. The Morgan fingerprint density at radius 1 is 1.39 bits per heavy atom. The van der Waals surface area contributed by atoms with Crippen molar-refractivity contribution in [1.29, 1.82) is 0 Å². The average molecular weight is 323 g/mol. The van der Waals surface area contributed by atoms with Gasteiger partial charge in [-0.25, -0.2) is 0 Å². The minimum Gasteiger partial charge on any atom is -0.427 e. The Hall–Kier alpha value is -1.71. The van der Waals surface area contributed by atoms with Crippen molar-refractivity contribution in [2.75, 3.05) is 37.0 Å². The largest absolute Gasteiger partial charge is 0.451 e. The fourth-order valence-electron chi connectivity index (χ4n) is 3.25. The van der Waals surface area contributed by atoms with E-state index in [-0.39, 0.29) is 18.8 Å². The maximum atomic E-state index is 11.9. The third-order valence-electron chi connectivity index (χ3n) is 4.52. The molecule has 0 bridgehead atoms. The van der Waals surface area contributed by atoms with Crippen molar-refractivity contribution >= 4 is 24.8 Å². The molecule has 0 aliphatic carbocycles. The molecule has 1 aliphatic rings. The molecule has 1 aliphatic heterocycles. The minimum absolute atomic E-state index is 0.175. The van der Waals surface area contributed by atoms with Crippen LogP contribution in [-0.4, -0.2) is 56.2 Å². The lowest BCUT2D eigenvalue weighted by molar-refractivity contribution is -0.112. The van der Waals surface area contributed by atoms with Crippen LogP contribution in [0.2, 0.25) is 6.32 Å². The van der Waals surface area contributed by atoms with Gasteiger partial charge in [0.15, 0.2) is 0 Å². The standard InChI is InChI=1S/C14H22BN3O5/c1-17(2)10-11(13(21)12(10)20)18-6-9(4-3-5-15(22)23)14(16,7-18)8-19/h8-9,22-23H,3-7,16H2,1-2H3/t9-,14+/m0/s1. The first-order valence-corrected chi connectivity index (χ1v) is 7.58. The van der Waals surface area contributed by atoms with Gasteiger partial charge in [0, 0.05) is 33.1 Å². The van der Waals surface area contributed by atoms with Crippen LogP contribution in [-0.2, 0) is 4.79 Å². The Bertz CT molecular complexity index is 655. The van der Waals surface area contributed by atoms with Crippen LogP contribution in [0.15, 0.2) is 9.59 Å². The minimum atomic E-state index is -1.38. The van der Waals surface area contributed by atoms with Gasteiger partial charge in [0.2, 0.25) is 0 Å². The quantitative estimate of drug-likeness (QED) is 0.297. The lowest BCUT2D eigenvalue weighted by Gasteiger charge is -2.26. The van der Waals surface area contributed by atoms with Crippen LogP contribution < -0.4 is 26.4 Å². The van der Waals surface area contributed by atoms with Crippen LogP contribution >= 0.6 is 0 Å². The normalized spacial score (nSPS) is 24.2. The number of anilines is 2. The molecule has 23 heavy (non-hydrogen) atoms. The zero-order chi connectivity index (χ0) is 17.4. The number of aldehydes is 1. The highest BCUT2D eigenvalue weighted by Gasteiger charge is 2.45. The summed E-state index contributed by atoms with van der Waals surface area (Å²) >= 11 is 0. The lowest BCUT2D eigenvalue weighted by Crippen LogP contribution is -2.50. The van der Waals surface area contributed by atoms with Crippen LogP contribution in [0.4, 0.5) is 11.4 Å². The molecule has 1 aromatic carbocycles. The number of nitrogens with two attached hydrogens (primary N) is 1. The summed E-state index contributed by atoms with van der Waals surface area (Å²) in [6.07, 6.45) is 1.94.